The van der Waals surface area contributed by atoms with Gasteiger partial charge in [-0.1, -0.05) is 26.0 Å². The van der Waals surface area contributed by atoms with Crippen molar-refractivity contribution in [2.75, 3.05) is 60.7 Å². The highest BCUT2D eigenvalue weighted by atomic mass is 16.5. The van der Waals surface area contributed by atoms with Crippen molar-refractivity contribution in [1.82, 2.24) is 40.4 Å². The molecule has 0 fully saturated rings. The molecule has 3 aliphatic rings. The number of H-pyrrole nitrogens is 2. The number of aromatic amines is 2. The van der Waals surface area contributed by atoms with Gasteiger partial charge < -0.3 is 44.6 Å². The van der Waals surface area contributed by atoms with Crippen LogP contribution in [0.1, 0.15) is 66.8 Å². The maximum atomic E-state index is 13.0. The first kappa shape index (κ1) is 36.8. The van der Waals surface area contributed by atoms with E-state index in [1.54, 1.807) is 25.3 Å². The summed E-state index contributed by atoms with van der Waals surface area (Å²) in [6.45, 7) is 7.12. The number of hydrogen-bond donors (Lipinski definition) is 4. The van der Waals surface area contributed by atoms with Crippen LogP contribution in [0.2, 0.25) is 0 Å². The molecule has 3 heterocycles. The molecule has 278 valence electrons. The van der Waals surface area contributed by atoms with Gasteiger partial charge in [0.2, 0.25) is 11.8 Å². The number of nitrogens with zero attached hydrogens (tertiary/aromatic N) is 4. The van der Waals surface area contributed by atoms with Gasteiger partial charge in [0.05, 0.1) is 50.9 Å². The van der Waals surface area contributed by atoms with Crippen LogP contribution in [0.25, 0.3) is 16.8 Å². The fourth-order valence-corrected chi connectivity index (χ4v) is 7.32. The lowest BCUT2D eigenvalue weighted by atomic mass is 9.79. The van der Waals surface area contributed by atoms with Crippen molar-refractivity contribution in [2.45, 2.75) is 58.5 Å². The van der Waals surface area contributed by atoms with Crippen LogP contribution in [0.4, 0.5) is 4.79 Å². The molecule has 0 saturated heterocycles. The third-order valence-electron chi connectivity index (χ3n) is 9.79. The molecule has 0 spiro atoms. The van der Waals surface area contributed by atoms with Crippen molar-refractivity contribution in [3.63, 3.8) is 0 Å². The van der Waals surface area contributed by atoms with E-state index in [0.717, 1.165) is 65.5 Å². The Morgan fingerprint density at radius 1 is 1.08 bits per heavy atom. The van der Waals surface area contributed by atoms with Crippen LogP contribution in [0.3, 0.4) is 0 Å². The minimum atomic E-state index is -0.641. The second-order valence-electron chi connectivity index (χ2n) is 13.8. The second-order valence-corrected chi connectivity index (χ2v) is 13.8. The van der Waals surface area contributed by atoms with E-state index in [1.165, 1.54) is 23.8 Å². The Morgan fingerprint density at radius 2 is 1.88 bits per heavy atom. The Labute approximate surface area is 304 Å². The smallest absolute Gasteiger partial charge is 0.407 e. The number of fused-ring (bicyclic) bond motifs is 6. The Morgan fingerprint density at radius 3 is 2.65 bits per heavy atom. The van der Waals surface area contributed by atoms with E-state index in [2.05, 4.69) is 61.5 Å². The molecule has 14 nitrogen and oxygen atoms in total. The van der Waals surface area contributed by atoms with Crippen LogP contribution >= 0.6 is 0 Å². The number of rotatable bonds is 15. The number of allylic oxidation sites excluding steroid dienone is 3. The quantitative estimate of drug-likeness (QED) is 0.184. The third-order valence-corrected chi connectivity index (χ3v) is 9.79. The third kappa shape index (κ3) is 8.23. The molecule has 1 unspecified atom stereocenters. The fourth-order valence-electron chi connectivity index (χ4n) is 7.32. The minimum absolute atomic E-state index is 0.0289. The summed E-state index contributed by atoms with van der Waals surface area (Å²) in [6, 6.07) is 4.45. The van der Waals surface area contributed by atoms with Gasteiger partial charge in [-0.3, -0.25) is 9.59 Å². The number of hydrogen-bond acceptors (Lipinski definition) is 9. The molecule has 0 saturated carbocycles. The van der Waals surface area contributed by atoms with Crippen molar-refractivity contribution in [1.29, 1.82) is 0 Å². The molecule has 2 aromatic heterocycles. The lowest BCUT2D eigenvalue weighted by Crippen LogP contribution is -2.40. The molecule has 52 heavy (non-hydrogen) atoms. The highest BCUT2D eigenvalue weighted by Gasteiger charge is 2.32. The first-order valence-corrected chi connectivity index (χ1v) is 18.0. The Bertz CT molecular complexity index is 1840. The van der Waals surface area contributed by atoms with Gasteiger partial charge in [-0.2, -0.15) is 0 Å². The lowest BCUT2D eigenvalue weighted by Gasteiger charge is -2.32. The molecular weight excluding hydrogens is 664 g/mol. The summed E-state index contributed by atoms with van der Waals surface area (Å²) >= 11 is 0. The highest BCUT2D eigenvalue weighted by molar-refractivity contribution is 5.82. The van der Waals surface area contributed by atoms with Crippen LogP contribution in [-0.4, -0.2) is 108 Å². The SMILES string of the molecule is CCCN(Cc1ncc(C2=CCC3C(=C2)COc2cc4c(cc23)CCc2[nH]c(CN(C[C@@H](C)COC)C(=O)CNC)nc2-4)[nH]1)C(=O)CNC(=O)OC. The van der Waals surface area contributed by atoms with Crippen LogP contribution in [0.15, 0.2) is 36.1 Å². The summed E-state index contributed by atoms with van der Waals surface area (Å²) in [5.74, 6) is 2.58. The number of carbonyl (C=O) groups excluding carboxylic acids is 3. The summed E-state index contributed by atoms with van der Waals surface area (Å²) in [4.78, 5) is 57.2. The van der Waals surface area contributed by atoms with Crippen molar-refractivity contribution in [3.05, 3.63) is 70.2 Å². The normalized spacial score (nSPS) is 16.2. The highest BCUT2D eigenvalue weighted by Crippen LogP contribution is 2.46. The molecule has 4 N–H and O–H groups in total. The van der Waals surface area contributed by atoms with Crippen LogP contribution in [-0.2, 0) is 45.0 Å². The maximum Gasteiger partial charge on any atom is 0.407 e. The van der Waals surface area contributed by atoms with E-state index in [1.807, 2.05) is 11.8 Å². The van der Waals surface area contributed by atoms with Gasteiger partial charge in [-0.05, 0) is 67.5 Å². The maximum absolute atomic E-state index is 13.0. The predicted molar refractivity (Wildman–Crippen MR) is 195 cm³/mol. The van der Waals surface area contributed by atoms with Crippen LogP contribution < -0.4 is 15.4 Å². The van der Waals surface area contributed by atoms with E-state index < -0.39 is 6.09 Å². The second kappa shape index (κ2) is 16.6. The van der Waals surface area contributed by atoms with Gasteiger partial charge in [0.25, 0.3) is 0 Å². The number of benzene rings is 1. The lowest BCUT2D eigenvalue weighted by molar-refractivity contribution is -0.132. The number of alkyl carbamates (subject to hydrolysis) is 1. The number of aromatic nitrogens is 4. The average Bonchev–Trinajstić information content (AvgIpc) is 3.79. The Kier molecular flexibility index (Phi) is 11.8. The molecular formula is C38H50N8O6. The largest absolute Gasteiger partial charge is 0.489 e. The van der Waals surface area contributed by atoms with Crippen molar-refractivity contribution in [3.8, 4) is 17.0 Å². The van der Waals surface area contributed by atoms with Crippen molar-refractivity contribution in [2.24, 2.45) is 5.92 Å². The summed E-state index contributed by atoms with van der Waals surface area (Å²) in [7, 11) is 4.73. The predicted octanol–water partition coefficient (Wildman–Crippen LogP) is 3.71. The fraction of sp³-hybridized carbons (Fsp3) is 0.500. The standard InChI is InChI=1S/C38H50N8O6/c1-6-11-45(36(48)17-41-38(49)51-5)19-33-40-15-31(43-33)25-7-9-27-26(12-25)22-52-32-14-28-24(13-29(27)32)8-10-30-37(28)44-34(42-30)20-46(35(47)16-39-3)18-23(2)21-50-4/h7,12-15,23,27,39H,6,8-11,16-22H2,1-5H3,(H,40,43)(H,41,49)(H,42,44)/t23-,27?/m1/s1. The molecule has 3 aromatic rings. The molecule has 0 radical (unpaired) electrons. The molecule has 1 aromatic carbocycles. The van der Waals surface area contributed by atoms with Gasteiger partial charge in [0.15, 0.2) is 0 Å². The van der Waals surface area contributed by atoms with E-state index in [-0.39, 0.29) is 36.7 Å². The molecule has 0 bridgehead atoms. The van der Waals surface area contributed by atoms with E-state index in [4.69, 9.17) is 14.5 Å². The van der Waals surface area contributed by atoms with Crippen molar-refractivity contribution < 1.29 is 28.6 Å². The number of amides is 3. The molecule has 3 amide bonds. The molecule has 2 atom stereocenters. The van der Waals surface area contributed by atoms with Crippen molar-refractivity contribution >= 4 is 23.5 Å². The molecule has 14 heteroatoms. The van der Waals surface area contributed by atoms with E-state index >= 15 is 0 Å². The number of likely N-dealkylation sites (N-methyl/N-ethyl adjacent to an activating group) is 1. The first-order chi connectivity index (χ1) is 25.2. The zero-order valence-electron chi connectivity index (χ0n) is 30.8. The Hall–Kier alpha value is -4.95. The summed E-state index contributed by atoms with van der Waals surface area (Å²) in [5, 5.41) is 5.44. The first-order valence-electron chi connectivity index (χ1n) is 18.0. The monoisotopic (exact) mass is 714 g/mol. The summed E-state index contributed by atoms with van der Waals surface area (Å²) in [6.07, 6.45) is 8.94. The van der Waals surface area contributed by atoms with Gasteiger partial charge in [0.1, 0.15) is 30.5 Å². The summed E-state index contributed by atoms with van der Waals surface area (Å²) < 4.78 is 16.3. The topological polar surface area (TPSA) is 167 Å². The number of nitrogens with one attached hydrogen (secondary N) is 4. The number of methoxy groups -OCH3 is 2. The van der Waals surface area contributed by atoms with E-state index in [0.29, 0.717) is 45.2 Å². The van der Waals surface area contributed by atoms with Gasteiger partial charge in [-0.15, -0.1) is 0 Å². The van der Waals surface area contributed by atoms with Gasteiger partial charge >= 0.3 is 6.09 Å². The van der Waals surface area contributed by atoms with E-state index in [9.17, 15) is 14.4 Å². The Balaban J connectivity index is 1.15. The molecule has 6 rings (SSSR count). The van der Waals surface area contributed by atoms with Crippen LogP contribution in [0.5, 0.6) is 5.75 Å². The van der Waals surface area contributed by atoms with Gasteiger partial charge in [0, 0.05) is 42.9 Å². The average molecular weight is 715 g/mol. The number of aryl methyl sites for hydroxylation is 2. The zero-order chi connectivity index (χ0) is 36.8. The number of carbonyl (C=O) groups is 3. The van der Waals surface area contributed by atoms with Crippen LogP contribution in [0, 0.1) is 5.92 Å². The zero-order valence-corrected chi connectivity index (χ0v) is 30.8. The van der Waals surface area contributed by atoms with Gasteiger partial charge in [-0.25, -0.2) is 14.8 Å². The minimum Gasteiger partial charge on any atom is -0.489 e. The number of ether oxygens (including phenoxy) is 3. The molecule has 2 aliphatic carbocycles. The number of imidazole rings is 2. The molecule has 1 aliphatic heterocycles. The summed E-state index contributed by atoms with van der Waals surface area (Å²) in [5.41, 5.74) is 8.71.